The third-order valence-electron chi connectivity index (χ3n) is 1.96. The fourth-order valence-corrected chi connectivity index (χ4v) is 1.31. The van der Waals surface area contributed by atoms with E-state index < -0.39 is 11.9 Å². The molecule has 0 spiro atoms. The predicted molar refractivity (Wildman–Crippen MR) is 58.1 cm³/mol. The molecule has 0 saturated heterocycles. The normalized spacial score (nSPS) is 11.8. The van der Waals surface area contributed by atoms with Gasteiger partial charge in [0.15, 0.2) is 0 Å². The number of aromatic carboxylic acids is 1. The molecule has 1 aromatic rings. The van der Waals surface area contributed by atoms with Crippen LogP contribution in [0.15, 0.2) is 18.5 Å². The minimum atomic E-state index is -1.05. The number of rotatable bonds is 5. The van der Waals surface area contributed by atoms with Crippen LogP contribution in [0.25, 0.3) is 0 Å². The number of nitrogens with two attached hydrogens (primary N) is 1. The summed E-state index contributed by atoms with van der Waals surface area (Å²) in [4.78, 5) is 25.4. The van der Waals surface area contributed by atoms with Crippen LogP contribution in [0.5, 0.6) is 0 Å². The van der Waals surface area contributed by atoms with E-state index >= 15 is 0 Å². The van der Waals surface area contributed by atoms with Crippen LogP contribution in [0.2, 0.25) is 0 Å². The van der Waals surface area contributed by atoms with Gasteiger partial charge >= 0.3 is 5.97 Å². The van der Waals surface area contributed by atoms with E-state index in [1.807, 2.05) is 0 Å². The first-order valence-corrected chi connectivity index (χ1v) is 4.73. The van der Waals surface area contributed by atoms with E-state index in [4.69, 9.17) is 10.8 Å². The highest BCUT2D eigenvalue weighted by Crippen LogP contribution is 2.15. The molecule has 0 aliphatic carbocycles. The summed E-state index contributed by atoms with van der Waals surface area (Å²) in [6.45, 7) is 1.74. The first-order chi connectivity index (χ1) is 7.50. The van der Waals surface area contributed by atoms with Crippen LogP contribution in [0, 0.1) is 0 Å². The van der Waals surface area contributed by atoms with E-state index in [-0.39, 0.29) is 18.0 Å². The zero-order chi connectivity index (χ0) is 12.1. The SMILES string of the molecule is CC(CC(N)=O)Nc1cnccc1C(=O)O. The summed E-state index contributed by atoms with van der Waals surface area (Å²) in [5, 5.41) is 11.8. The Labute approximate surface area is 92.5 Å². The van der Waals surface area contributed by atoms with Crippen molar-refractivity contribution in [1.29, 1.82) is 0 Å². The fraction of sp³-hybridized carbons (Fsp3) is 0.300. The molecule has 1 heterocycles. The summed E-state index contributed by atoms with van der Waals surface area (Å²) >= 11 is 0. The molecule has 0 aliphatic rings. The standard InChI is InChI=1S/C10H13N3O3/c1-6(4-9(11)14)13-8-5-12-3-2-7(8)10(15)16/h2-3,5-6,13H,4H2,1H3,(H2,11,14)(H,15,16). The van der Waals surface area contributed by atoms with Gasteiger partial charge in [-0.05, 0) is 13.0 Å². The number of carboxylic acid groups (broad SMARTS) is 1. The fourth-order valence-electron chi connectivity index (χ4n) is 1.31. The van der Waals surface area contributed by atoms with Gasteiger partial charge in [-0.2, -0.15) is 0 Å². The van der Waals surface area contributed by atoms with Gasteiger partial charge in [-0.1, -0.05) is 0 Å². The van der Waals surface area contributed by atoms with Crippen LogP contribution < -0.4 is 11.1 Å². The molecular formula is C10H13N3O3. The molecule has 1 atom stereocenters. The molecule has 0 saturated carbocycles. The molecule has 1 amide bonds. The third kappa shape index (κ3) is 3.23. The van der Waals surface area contributed by atoms with E-state index in [0.717, 1.165) is 0 Å². The molecule has 86 valence electrons. The highest BCUT2D eigenvalue weighted by Gasteiger charge is 2.12. The van der Waals surface area contributed by atoms with Crippen molar-refractivity contribution in [3.8, 4) is 0 Å². The summed E-state index contributed by atoms with van der Waals surface area (Å²) < 4.78 is 0. The van der Waals surface area contributed by atoms with Crippen molar-refractivity contribution in [3.05, 3.63) is 24.0 Å². The number of anilines is 1. The summed E-state index contributed by atoms with van der Waals surface area (Å²) in [5.74, 6) is -1.49. The molecule has 0 radical (unpaired) electrons. The lowest BCUT2D eigenvalue weighted by atomic mass is 10.2. The van der Waals surface area contributed by atoms with Crippen LogP contribution in [0.4, 0.5) is 5.69 Å². The van der Waals surface area contributed by atoms with Crippen molar-refractivity contribution >= 4 is 17.6 Å². The second-order valence-corrected chi connectivity index (χ2v) is 3.44. The molecule has 0 fully saturated rings. The third-order valence-corrected chi connectivity index (χ3v) is 1.96. The van der Waals surface area contributed by atoms with Gasteiger partial charge in [-0.25, -0.2) is 4.79 Å². The summed E-state index contributed by atoms with van der Waals surface area (Å²) in [6.07, 6.45) is 2.93. The van der Waals surface area contributed by atoms with Crippen LogP contribution >= 0.6 is 0 Å². The number of nitrogens with one attached hydrogen (secondary N) is 1. The molecule has 0 bridgehead atoms. The number of pyridine rings is 1. The summed E-state index contributed by atoms with van der Waals surface area (Å²) in [7, 11) is 0. The van der Waals surface area contributed by atoms with E-state index in [1.165, 1.54) is 18.5 Å². The van der Waals surface area contributed by atoms with Gasteiger partial charge in [0.1, 0.15) is 0 Å². The molecule has 1 unspecified atom stereocenters. The molecule has 6 nitrogen and oxygen atoms in total. The van der Waals surface area contributed by atoms with Crippen LogP contribution in [-0.2, 0) is 4.79 Å². The maximum Gasteiger partial charge on any atom is 0.337 e. The van der Waals surface area contributed by atoms with Crippen molar-refractivity contribution in [3.63, 3.8) is 0 Å². The lowest BCUT2D eigenvalue weighted by Gasteiger charge is -2.14. The van der Waals surface area contributed by atoms with Gasteiger partial charge in [-0.15, -0.1) is 0 Å². The van der Waals surface area contributed by atoms with Crippen LogP contribution in [-0.4, -0.2) is 28.0 Å². The first-order valence-electron chi connectivity index (χ1n) is 4.73. The second-order valence-electron chi connectivity index (χ2n) is 3.44. The van der Waals surface area contributed by atoms with Gasteiger partial charge in [-0.3, -0.25) is 9.78 Å². The Balaban J connectivity index is 2.80. The largest absolute Gasteiger partial charge is 0.478 e. The lowest BCUT2D eigenvalue weighted by Crippen LogP contribution is -2.24. The average molecular weight is 223 g/mol. The predicted octanol–water partition coefficient (Wildman–Crippen LogP) is 0.456. The number of amides is 1. The number of primary amides is 1. The van der Waals surface area contributed by atoms with Gasteiger partial charge in [0.2, 0.25) is 5.91 Å². The van der Waals surface area contributed by atoms with E-state index in [1.54, 1.807) is 6.92 Å². The molecule has 1 aromatic heterocycles. The highest BCUT2D eigenvalue weighted by atomic mass is 16.4. The Morgan fingerprint density at radius 2 is 2.31 bits per heavy atom. The highest BCUT2D eigenvalue weighted by molar-refractivity contribution is 5.94. The number of hydrogen-bond donors (Lipinski definition) is 3. The Morgan fingerprint density at radius 3 is 2.88 bits per heavy atom. The van der Waals surface area contributed by atoms with E-state index in [0.29, 0.717) is 5.69 Å². The molecule has 0 aromatic carbocycles. The van der Waals surface area contributed by atoms with Gasteiger partial charge in [0, 0.05) is 18.7 Å². The zero-order valence-corrected chi connectivity index (χ0v) is 8.80. The Kier molecular flexibility index (Phi) is 3.82. The number of carbonyl (C=O) groups excluding carboxylic acids is 1. The molecule has 0 aliphatic heterocycles. The quantitative estimate of drug-likeness (QED) is 0.672. The van der Waals surface area contributed by atoms with Gasteiger partial charge in [0.05, 0.1) is 17.4 Å². The van der Waals surface area contributed by atoms with Crippen molar-refractivity contribution < 1.29 is 14.7 Å². The number of hydrogen-bond acceptors (Lipinski definition) is 4. The molecular weight excluding hydrogens is 210 g/mol. The number of aromatic nitrogens is 1. The minimum absolute atomic E-state index is 0.117. The molecule has 4 N–H and O–H groups in total. The van der Waals surface area contributed by atoms with Gasteiger partial charge < -0.3 is 16.2 Å². The molecule has 16 heavy (non-hydrogen) atoms. The smallest absolute Gasteiger partial charge is 0.337 e. The average Bonchev–Trinajstić information content (AvgIpc) is 2.16. The van der Waals surface area contributed by atoms with Crippen LogP contribution in [0.1, 0.15) is 23.7 Å². The Hall–Kier alpha value is -2.11. The summed E-state index contributed by atoms with van der Waals surface area (Å²) in [5.41, 5.74) is 5.53. The zero-order valence-electron chi connectivity index (χ0n) is 8.80. The molecule has 6 heteroatoms. The minimum Gasteiger partial charge on any atom is -0.478 e. The van der Waals surface area contributed by atoms with Crippen molar-refractivity contribution in [1.82, 2.24) is 4.98 Å². The first kappa shape index (κ1) is 12.0. The van der Waals surface area contributed by atoms with Crippen molar-refractivity contribution in [2.45, 2.75) is 19.4 Å². The maximum atomic E-state index is 10.9. The number of nitrogens with zero attached hydrogens (tertiary/aromatic N) is 1. The Bertz CT molecular complexity index is 406. The van der Waals surface area contributed by atoms with Crippen LogP contribution in [0.3, 0.4) is 0 Å². The lowest BCUT2D eigenvalue weighted by molar-refractivity contribution is -0.118. The maximum absolute atomic E-state index is 10.9. The second kappa shape index (κ2) is 5.11. The van der Waals surface area contributed by atoms with E-state index in [9.17, 15) is 9.59 Å². The number of carbonyl (C=O) groups is 2. The van der Waals surface area contributed by atoms with Crippen molar-refractivity contribution in [2.24, 2.45) is 5.73 Å². The summed E-state index contributed by atoms with van der Waals surface area (Å²) in [6, 6.07) is 1.15. The monoisotopic (exact) mass is 223 g/mol. The van der Waals surface area contributed by atoms with Gasteiger partial charge in [0.25, 0.3) is 0 Å². The number of carboxylic acids is 1. The van der Waals surface area contributed by atoms with Crippen molar-refractivity contribution in [2.75, 3.05) is 5.32 Å². The van der Waals surface area contributed by atoms with E-state index in [2.05, 4.69) is 10.3 Å². The topological polar surface area (TPSA) is 105 Å². The Morgan fingerprint density at radius 1 is 1.62 bits per heavy atom. The molecule has 1 rings (SSSR count).